The molecule has 2 aromatic carbocycles. The summed E-state index contributed by atoms with van der Waals surface area (Å²) in [5, 5.41) is 4.20. The molecule has 0 saturated heterocycles. The van der Waals surface area contributed by atoms with Crippen LogP contribution in [0.15, 0.2) is 46.3 Å². The molecule has 1 aliphatic heterocycles. The Labute approximate surface area is 168 Å². The minimum absolute atomic E-state index is 0.0666. The van der Waals surface area contributed by atoms with Crippen molar-refractivity contribution in [3.05, 3.63) is 57.6 Å². The molecule has 9 heteroatoms. The van der Waals surface area contributed by atoms with Crippen LogP contribution >= 0.6 is 23.2 Å². The number of aliphatic imine (C=N–C) groups is 1. The van der Waals surface area contributed by atoms with E-state index in [2.05, 4.69) is 10.3 Å². The van der Waals surface area contributed by atoms with Gasteiger partial charge in [0.15, 0.2) is 5.75 Å². The molecule has 0 fully saturated rings. The lowest BCUT2D eigenvalue weighted by Crippen LogP contribution is -2.25. The van der Waals surface area contributed by atoms with Crippen LogP contribution in [0, 0.1) is 13.8 Å². The number of ether oxygens (including phenoxy) is 1. The van der Waals surface area contributed by atoms with Crippen LogP contribution in [0.3, 0.4) is 0 Å². The van der Waals surface area contributed by atoms with Crippen molar-refractivity contribution < 1.29 is 17.7 Å². The predicted octanol–water partition coefficient (Wildman–Crippen LogP) is 3.92. The maximum absolute atomic E-state index is 10.5. The molecule has 1 aliphatic rings. The van der Waals surface area contributed by atoms with Gasteiger partial charge in [0.25, 0.3) is 10.1 Å². The highest BCUT2D eigenvalue weighted by atomic mass is 35.5. The molecule has 1 heterocycles. The molecule has 27 heavy (non-hydrogen) atoms. The first kappa shape index (κ1) is 21.5. The topological polar surface area (TPSA) is 88.0 Å². The van der Waals surface area contributed by atoms with Crippen molar-refractivity contribution in [1.82, 2.24) is 5.32 Å². The number of hydrogen-bond acceptors (Lipinski definition) is 5. The Balaban J connectivity index is 0.000000208. The first-order chi connectivity index (χ1) is 12.7. The smallest absolute Gasteiger partial charge is 0.294 e. The van der Waals surface area contributed by atoms with Crippen molar-refractivity contribution >= 4 is 39.2 Å². The van der Waals surface area contributed by atoms with E-state index in [4.69, 9.17) is 32.5 Å². The Bertz CT molecular complexity index is 929. The summed E-state index contributed by atoms with van der Waals surface area (Å²) in [7, 11) is -4.02. The van der Waals surface area contributed by atoms with Gasteiger partial charge in [-0.15, -0.1) is 0 Å². The maximum Gasteiger partial charge on any atom is 0.294 e. The van der Waals surface area contributed by atoms with E-state index in [1.807, 2.05) is 19.9 Å². The molecule has 0 bridgehead atoms. The van der Waals surface area contributed by atoms with Gasteiger partial charge in [0.05, 0.1) is 21.5 Å². The number of halogens is 2. The summed E-state index contributed by atoms with van der Waals surface area (Å²) in [5.41, 5.74) is 1.90. The fraction of sp³-hybridized carbons (Fsp3) is 0.278. The lowest BCUT2D eigenvalue weighted by molar-refractivity contribution is 0.374. The van der Waals surface area contributed by atoms with Crippen LogP contribution in [0.4, 0.5) is 0 Å². The van der Waals surface area contributed by atoms with E-state index in [9.17, 15) is 8.42 Å². The summed E-state index contributed by atoms with van der Waals surface area (Å²) in [4.78, 5) is 4.16. The third-order valence-corrected chi connectivity index (χ3v) is 5.29. The molecule has 0 aliphatic carbocycles. The minimum Gasteiger partial charge on any atom is -0.483 e. The normalized spacial score (nSPS) is 13.3. The number of amidine groups is 1. The van der Waals surface area contributed by atoms with E-state index in [1.165, 1.54) is 12.1 Å². The summed E-state index contributed by atoms with van der Waals surface area (Å²) in [6.07, 6.45) is 0. The average molecular weight is 431 g/mol. The summed E-state index contributed by atoms with van der Waals surface area (Å²) < 4.78 is 35.1. The van der Waals surface area contributed by atoms with Crippen LogP contribution in [0.25, 0.3) is 0 Å². The van der Waals surface area contributed by atoms with E-state index < -0.39 is 10.1 Å². The SMILES string of the molecule is Cc1ccc(Cl)c(OCC2=NCCN2)c1Cl.Cc1ccc(S(=O)(=O)O)cc1. The number of aryl methyl sites for hydroxylation is 2. The fourth-order valence-electron chi connectivity index (χ4n) is 2.16. The molecule has 0 spiro atoms. The average Bonchev–Trinajstić information content (AvgIpc) is 3.12. The van der Waals surface area contributed by atoms with Gasteiger partial charge in [-0.2, -0.15) is 8.42 Å². The van der Waals surface area contributed by atoms with Gasteiger partial charge < -0.3 is 10.1 Å². The third kappa shape index (κ3) is 6.39. The lowest BCUT2D eigenvalue weighted by atomic mass is 10.2. The number of benzene rings is 2. The predicted molar refractivity (Wildman–Crippen MR) is 108 cm³/mol. The van der Waals surface area contributed by atoms with Gasteiger partial charge in [0, 0.05) is 6.54 Å². The zero-order valence-electron chi connectivity index (χ0n) is 14.9. The number of rotatable bonds is 4. The van der Waals surface area contributed by atoms with Crippen LogP contribution in [0.1, 0.15) is 11.1 Å². The molecule has 0 unspecified atom stereocenters. The minimum atomic E-state index is -4.02. The van der Waals surface area contributed by atoms with E-state index in [-0.39, 0.29) is 4.90 Å². The summed E-state index contributed by atoms with van der Waals surface area (Å²) in [6, 6.07) is 9.63. The van der Waals surface area contributed by atoms with Crippen LogP contribution in [0.2, 0.25) is 10.0 Å². The zero-order valence-corrected chi connectivity index (χ0v) is 17.2. The Morgan fingerprint density at radius 3 is 2.37 bits per heavy atom. The molecule has 0 amide bonds. The maximum atomic E-state index is 10.5. The second-order valence-corrected chi connectivity index (χ2v) is 8.05. The Morgan fingerprint density at radius 2 is 1.81 bits per heavy atom. The molecule has 0 radical (unpaired) electrons. The first-order valence-corrected chi connectivity index (χ1v) is 10.3. The highest BCUT2D eigenvalue weighted by Crippen LogP contribution is 2.35. The van der Waals surface area contributed by atoms with Crippen molar-refractivity contribution in [3.63, 3.8) is 0 Å². The molecule has 3 rings (SSSR count). The second-order valence-electron chi connectivity index (χ2n) is 5.84. The second kappa shape index (κ2) is 9.41. The van der Waals surface area contributed by atoms with Gasteiger partial charge >= 0.3 is 0 Å². The molecule has 2 N–H and O–H groups in total. The van der Waals surface area contributed by atoms with Crippen LogP contribution in [-0.2, 0) is 10.1 Å². The lowest BCUT2D eigenvalue weighted by Gasteiger charge is -2.11. The number of nitrogens with one attached hydrogen (secondary N) is 1. The summed E-state index contributed by atoms with van der Waals surface area (Å²) in [6.45, 7) is 5.80. The number of hydrogen-bond donors (Lipinski definition) is 2. The van der Waals surface area contributed by atoms with Gasteiger partial charge in [0.1, 0.15) is 12.4 Å². The van der Waals surface area contributed by atoms with E-state index in [0.717, 1.165) is 30.1 Å². The van der Waals surface area contributed by atoms with Gasteiger partial charge in [-0.3, -0.25) is 9.55 Å². The van der Waals surface area contributed by atoms with Gasteiger partial charge in [0.2, 0.25) is 0 Å². The Kier molecular flexibility index (Phi) is 7.49. The van der Waals surface area contributed by atoms with Crippen LogP contribution in [0.5, 0.6) is 5.75 Å². The summed E-state index contributed by atoms with van der Waals surface area (Å²) in [5.74, 6) is 1.37. The van der Waals surface area contributed by atoms with Crippen LogP contribution < -0.4 is 10.1 Å². The largest absolute Gasteiger partial charge is 0.483 e. The van der Waals surface area contributed by atoms with Crippen molar-refractivity contribution in [2.75, 3.05) is 19.7 Å². The van der Waals surface area contributed by atoms with Crippen molar-refractivity contribution in [2.45, 2.75) is 18.7 Å². The highest BCUT2D eigenvalue weighted by Gasteiger charge is 2.12. The quantitative estimate of drug-likeness (QED) is 0.717. The van der Waals surface area contributed by atoms with Crippen molar-refractivity contribution in [1.29, 1.82) is 0 Å². The van der Waals surface area contributed by atoms with Crippen LogP contribution in [-0.4, -0.2) is 38.5 Å². The third-order valence-electron chi connectivity index (χ3n) is 3.66. The van der Waals surface area contributed by atoms with Gasteiger partial charge in [-0.1, -0.05) is 47.0 Å². The molecular weight excluding hydrogens is 411 g/mol. The molecule has 0 atom stereocenters. The van der Waals surface area contributed by atoms with E-state index in [0.29, 0.717) is 22.4 Å². The Morgan fingerprint density at radius 1 is 1.15 bits per heavy atom. The Hall–Kier alpha value is -1.80. The summed E-state index contributed by atoms with van der Waals surface area (Å²) >= 11 is 12.1. The van der Waals surface area contributed by atoms with E-state index in [1.54, 1.807) is 18.2 Å². The van der Waals surface area contributed by atoms with Crippen molar-refractivity contribution in [3.8, 4) is 5.75 Å². The first-order valence-electron chi connectivity index (χ1n) is 8.07. The van der Waals surface area contributed by atoms with Gasteiger partial charge in [-0.25, -0.2) is 0 Å². The fourth-order valence-corrected chi connectivity index (χ4v) is 3.12. The molecule has 2 aromatic rings. The molecule has 0 saturated carbocycles. The molecule has 146 valence electrons. The standard InChI is InChI=1S/C11H12Cl2N2O.C7H8O3S/c1-7-2-3-8(12)11(10(7)13)16-6-9-14-4-5-15-9;1-6-2-4-7(5-3-6)11(8,9)10/h2-3H,4-6H2,1H3,(H,14,15);2-5H,1H3,(H,8,9,10). The highest BCUT2D eigenvalue weighted by molar-refractivity contribution is 7.85. The molecule has 0 aromatic heterocycles. The van der Waals surface area contributed by atoms with Gasteiger partial charge in [-0.05, 0) is 37.6 Å². The van der Waals surface area contributed by atoms with Crippen molar-refractivity contribution in [2.24, 2.45) is 4.99 Å². The monoisotopic (exact) mass is 430 g/mol. The van der Waals surface area contributed by atoms with E-state index >= 15 is 0 Å². The molecular formula is C18H20Cl2N2O4S. The zero-order chi connectivity index (χ0) is 20.0. The molecule has 6 nitrogen and oxygen atoms in total. The number of nitrogens with zero attached hydrogens (tertiary/aromatic N) is 1.